The third-order valence-electron chi connectivity index (χ3n) is 5.88. The van der Waals surface area contributed by atoms with E-state index >= 15 is 0 Å². The molecule has 2 aliphatic heterocycles. The molecule has 1 saturated heterocycles. The molecule has 0 aromatic heterocycles. The number of likely N-dealkylation sites (tertiary alicyclic amines) is 1. The lowest BCUT2D eigenvalue weighted by Crippen LogP contribution is -2.39. The molecule has 0 bridgehead atoms. The number of carbonyl (C=O) groups excluding carboxylic acids is 3. The summed E-state index contributed by atoms with van der Waals surface area (Å²) in [5.74, 6) is -1.23. The van der Waals surface area contributed by atoms with Crippen LogP contribution in [0.3, 0.4) is 0 Å². The van der Waals surface area contributed by atoms with Gasteiger partial charge in [-0.2, -0.15) is 5.10 Å². The first kappa shape index (κ1) is 22.6. The number of hydrazone groups is 1. The fourth-order valence-corrected chi connectivity index (χ4v) is 4.17. The Labute approximate surface area is 191 Å². The molecular formula is C24H26FN5O3. The number of primary amides is 1. The molecule has 1 fully saturated rings. The van der Waals surface area contributed by atoms with Crippen LogP contribution >= 0.6 is 0 Å². The first-order valence-corrected chi connectivity index (χ1v) is 10.9. The smallest absolute Gasteiger partial charge is 0.271 e. The van der Waals surface area contributed by atoms with Gasteiger partial charge < -0.3 is 11.1 Å². The van der Waals surface area contributed by atoms with Crippen molar-refractivity contribution in [2.75, 3.05) is 11.9 Å². The zero-order valence-electron chi connectivity index (χ0n) is 18.2. The number of hydrogen-bond acceptors (Lipinski definition) is 5. The van der Waals surface area contributed by atoms with Crippen LogP contribution in [-0.2, 0) is 27.5 Å². The van der Waals surface area contributed by atoms with Gasteiger partial charge in [0.05, 0.1) is 12.6 Å². The molecule has 0 spiro atoms. The van der Waals surface area contributed by atoms with E-state index in [1.54, 1.807) is 18.2 Å². The highest BCUT2D eigenvalue weighted by Crippen LogP contribution is 2.22. The summed E-state index contributed by atoms with van der Waals surface area (Å²) in [5, 5.41) is 8.35. The number of amides is 3. The molecule has 1 unspecified atom stereocenters. The monoisotopic (exact) mass is 451 g/mol. The predicted molar refractivity (Wildman–Crippen MR) is 121 cm³/mol. The molecule has 1 atom stereocenters. The third kappa shape index (κ3) is 5.61. The van der Waals surface area contributed by atoms with Crippen molar-refractivity contribution in [1.29, 1.82) is 0 Å². The summed E-state index contributed by atoms with van der Waals surface area (Å²) < 4.78 is 13.1. The number of nitrogens with one attached hydrogen (secondary N) is 1. The summed E-state index contributed by atoms with van der Waals surface area (Å²) in [6.45, 7) is 1.54. The van der Waals surface area contributed by atoms with E-state index in [-0.39, 0.29) is 54.7 Å². The van der Waals surface area contributed by atoms with Crippen LogP contribution in [0.25, 0.3) is 0 Å². The largest absolute Gasteiger partial charge is 0.368 e. The molecule has 2 aromatic carbocycles. The van der Waals surface area contributed by atoms with Crippen LogP contribution in [0, 0.1) is 5.82 Å². The molecule has 2 aliphatic rings. The second-order valence-corrected chi connectivity index (χ2v) is 8.31. The van der Waals surface area contributed by atoms with Gasteiger partial charge >= 0.3 is 0 Å². The van der Waals surface area contributed by atoms with E-state index < -0.39 is 0 Å². The molecule has 4 rings (SSSR count). The summed E-state index contributed by atoms with van der Waals surface area (Å²) in [6.07, 6.45) is 2.12. The van der Waals surface area contributed by atoms with Crippen LogP contribution < -0.4 is 11.1 Å². The van der Waals surface area contributed by atoms with Crippen molar-refractivity contribution in [1.82, 2.24) is 9.91 Å². The van der Waals surface area contributed by atoms with Crippen LogP contribution in [0.5, 0.6) is 0 Å². The lowest BCUT2D eigenvalue weighted by molar-refractivity contribution is -0.132. The van der Waals surface area contributed by atoms with Crippen molar-refractivity contribution in [3.05, 3.63) is 65.5 Å². The fourth-order valence-electron chi connectivity index (χ4n) is 4.17. The number of hydrogen-bond donors (Lipinski definition) is 2. The highest BCUT2D eigenvalue weighted by molar-refractivity contribution is 6.43. The Bertz CT molecular complexity index is 1090. The van der Waals surface area contributed by atoms with Gasteiger partial charge in [0.15, 0.2) is 0 Å². The van der Waals surface area contributed by atoms with Gasteiger partial charge in [-0.1, -0.05) is 24.3 Å². The molecule has 3 N–H and O–H groups in total. The van der Waals surface area contributed by atoms with Gasteiger partial charge in [0.1, 0.15) is 11.5 Å². The lowest BCUT2D eigenvalue weighted by atomic mass is 10.1. The van der Waals surface area contributed by atoms with Crippen molar-refractivity contribution in [2.45, 2.75) is 44.8 Å². The third-order valence-corrected chi connectivity index (χ3v) is 5.88. The summed E-state index contributed by atoms with van der Waals surface area (Å²) in [5.41, 5.74) is 8.05. The molecule has 0 aliphatic carbocycles. The van der Waals surface area contributed by atoms with Crippen LogP contribution in [0.1, 0.15) is 36.8 Å². The number of carbonyl (C=O) groups is 3. The minimum Gasteiger partial charge on any atom is -0.368 e. The molecular weight excluding hydrogens is 425 g/mol. The maximum absolute atomic E-state index is 13.1. The number of nitrogens with zero attached hydrogens (tertiary/aromatic N) is 3. The Hall–Kier alpha value is -3.59. The average molecular weight is 452 g/mol. The maximum atomic E-state index is 13.1. The molecule has 3 amide bonds. The predicted octanol–water partition coefficient (Wildman–Crippen LogP) is 2.39. The second kappa shape index (κ2) is 9.91. The Kier molecular flexibility index (Phi) is 6.79. The van der Waals surface area contributed by atoms with Crippen LogP contribution in [-0.4, -0.2) is 45.9 Å². The molecule has 172 valence electrons. The summed E-state index contributed by atoms with van der Waals surface area (Å²) in [6, 6.07) is 13.0. The topological polar surface area (TPSA) is 108 Å². The zero-order chi connectivity index (χ0) is 23.4. The van der Waals surface area contributed by atoms with Gasteiger partial charge in [-0.3, -0.25) is 19.3 Å². The molecule has 2 heterocycles. The van der Waals surface area contributed by atoms with E-state index in [1.807, 2.05) is 23.1 Å². The summed E-state index contributed by atoms with van der Waals surface area (Å²) in [7, 11) is 0. The molecule has 0 radical (unpaired) electrons. The van der Waals surface area contributed by atoms with Crippen molar-refractivity contribution in [2.24, 2.45) is 10.8 Å². The Balaban J connectivity index is 1.42. The number of nitrogens with two attached hydrogens (primary N) is 1. The number of benzene rings is 2. The van der Waals surface area contributed by atoms with E-state index in [0.29, 0.717) is 12.2 Å². The van der Waals surface area contributed by atoms with Gasteiger partial charge in [0.25, 0.3) is 5.91 Å². The van der Waals surface area contributed by atoms with Gasteiger partial charge in [-0.15, -0.1) is 0 Å². The normalized spacial score (nSPS) is 18.8. The van der Waals surface area contributed by atoms with Crippen LogP contribution in [0.4, 0.5) is 10.1 Å². The van der Waals surface area contributed by atoms with Crippen molar-refractivity contribution in [3.63, 3.8) is 0 Å². The zero-order valence-corrected chi connectivity index (χ0v) is 18.2. The van der Waals surface area contributed by atoms with E-state index in [1.165, 1.54) is 17.1 Å². The van der Waals surface area contributed by atoms with Gasteiger partial charge in [0, 0.05) is 25.1 Å². The van der Waals surface area contributed by atoms with Crippen molar-refractivity contribution >= 4 is 29.1 Å². The van der Waals surface area contributed by atoms with Gasteiger partial charge in [-0.05, 0) is 54.8 Å². The van der Waals surface area contributed by atoms with E-state index in [0.717, 1.165) is 30.5 Å². The summed E-state index contributed by atoms with van der Waals surface area (Å²) in [4.78, 5) is 38.7. The Morgan fingerprint density at radius 1 is 1.09 bits per heavy atom. The van der Waals surface area contributed by atoms with E-state index in [9.17, 15) is 18.8 Å². The minimum atomic E-state index is -0.375. The lowest BCUT2D eigenvalue weighted by Gasteiger charge is -2.23. The van der Waals surface area contributed by atoms with Gasteiger partial charge in [0.2, 0.25) is 11.8 Å². The van der Waals surface area contributed by atoms with E-state index in [4.69, 9.17) is 5.73 Å². The average Bonchev–Trinajstić information content (AvgIpc) is 3.25. The fraction of sp³-hybridized carbons (Fsp3) is 0.333. The van der Waals surface area contributed by atoms with Gasteiger partial charge in [-0.25, -0.2) is 9.40 Å². The highest BCUT2D eigenvalue weighted by atomic mass is 19.1. The first-order chi connectivity index (χ1) is 15.9. The first-order valence-electron chi connectivity index (χ1n) is 10.9. The standard InChI is InChI=1S/C24H26FN5O3/c25-18-8-6-16(7-9-18)15-30-22(31)11-10-20(28-30)24(33)27-19-4-1-3-17(13-19)14-29-12-2-5-21(29)23(26)32/h1,3-4,6-9,13,21H,2,5,10-12,14-15H2,(H2,26,32)(H,27,33). The highest BCUT2D eigenvalue weighted by Gasteiger charge is 2.29. The SMILES string of the molecule is NC(=O)C1CCCN1Cc1cccc(NC(=O)C2=NN(Cc3ccc(F)cc3)C(=O)CC2)c1. The second-order valence-electron chi connectivity index (χ2n) is 8.31. The number of anilines is 1. The van der Waals surface area contributed by atoms with Crippen molar-refractivity contribution < 1.29 is 18.8 Å². The Morgan fingerprint density at radius 2 is 1.88 bits per heavy atom. The molecule has 9 heteroatoms. The van der Waals surface area contributed by atoms with Crippen LogP contribution in [0.15, 0.2) is 53.6 Å². The molecule has 2 aromatic rings. The minimum absolute atomic E-state index is 0.169. The molecule has 33 heavy (non-hydrogen) atoms. The Morgan fingerprint density at radius 3 is 2.64 bits per heavy atom. The van der Waals surface area contributed by atoms with Crippen LogP contribution in [0.2, 0.25) is 0 Å². The number of rotatable bonds is 7. The quantitative estimate of drug-likeness (QED) is 0.674. The van der Waals surface area contributed by atoms with E-state index in [2.05, 4.69) is 10.4 Å². The number of halogens is 1. The molecule has 0 saturated carbocycles. The molecule has 8 nitrogen and oxygen atoms in total. The summed E-state index contributed by atoms with van der Waals surface area (Å²) >= 11 is 0. The maximum Gasteiger partial charge on any atom is 0.271 e. The van der Waals surface area contributed by atoms with Crippen molar-refractivity contribution in [3.8, 4) is 0 Å².